The van der Waals surface area contributed by atoms with Crippen LogP contribution in [0.1, 0.15) is 32.0 Å². The van der Waals surface area contributed by atoms with E-state index >= 15 is 0 Å². The van der Waals surface area contributed by atoms with E-state index in [0.29, 0.717) is 41.3 Å². The van der Waals surface area contributed by atoms with Crippen LogP contribution in [0.2, 0.25) is 0 Å². The van der Waals surface area contributed by atoms with Crippen LogP contribution in [0.5, 0.6) is 17.4 Å². The van der Waals surface area contributed by atoms with E-state index in [4.69, 9.17) is 15.2 Å². The number of pyridine rings is 1. The van der Waals surface area contributed by atoms with Gasteiger partial charge in [0.05, 0.1) is 16.9 Å². The lowest BCUT2D eigenvalue weighted by atomic mass is 9.88. The largest absolute Gasteiger partial charge is 0.493 e. The predicted octanol–water partition coefficient (Wildman–Crippen LogP) is 2.82. The lowest BCUT2D eigenvalue weighted by molar-refractivity contribution is 0.0992. The minimum Gasteiger partial charge on any atom is -0.493 e. The fourth-order valence-electron chi connectivity index (χ4n) is 4.44. The molecule has 10 heteroatoms. The quantitative estimate of drug-likeness (QED) is 0.417. The predicted molar refractivity (Wildman–Crippen MR) is 125 cm³/mol. The molecule has 174 valence electrons. The van der Waals surface area contributed by atoms with E-state index in [-0.39, 0.29) is 24.3 Å². The molecule has 2 aliphatic rings. The van der Waals surface area contributed by atoms with Gasteiger partial charge >= 0.3 is 0 Å². The van der Waals surface area contributed by atoms with Crippen molar-refractivity contribution in [3.8, 4) is 34.3 Å². The van der Waals surface area contributed by atoms with Crippen molar-refractivity contribution in [2.45, 2.75) is 12.8 Å². The summed E-state index contributed by atoms with van der Waals surface area (Å²) in [6, 6.07) is 13.9. The molecular formula is C25H19N5O5. The van der Waals surface area contributed by atoms with Crippen molar-refractivity contribution in [3.05, 3.63) is 77.1 Å². The molecular weight excluding hydrogens is 450 g/mol. The third kappa shape index (κ3) is 3.52. The summed E-state index contributed by atoms with van der Waals surface area (Å²) in [7, 11) is 0. The van der Waals surface area contributed by atoms with E-state index in [1.54, 1.807) is 16.8 Å². The number of aryl methyl sites for hydroxylation is 1. The number of hydrogen-bond acceptors (Lipinski definition) is 7. The monoisotopic (exact) mass is 469 g/mol. The summed E-state index contributed by atoms with van der Waals surface area (Å²) in [5, 5.41) is 16.8. The number of aromatic nitrogens is 3. The fourth-order valence-corrected chi connectivity index (χ4v) is 4.44. The lowest BCUT2D eigenvalue weighted by Crippen LogP contribution is -2.15. The molecule has 0 fully saturated rings. The Balaban J connectivity index is 1.44. The molecule has 4 aromatic rings. The van der Waals surface area contributed by atoms with Gasteiger partial charge in [-0.25, -0.2) is 9.67 Å². The molecule has 2 aromatic heterocycles. The van der Waals surface area contributed by atoms with Crippen molar-refractivity contribution < 1.29 is 24.2 Å². The number of amides is 2. The number of nitrogens with two attached hydrogens (primary N) is 1. The Morgan fingerprint density at radius 3 is 2.69 bits per heavy atom. The van der Waals surface area contributed by atoms with Crippen molar-refractivity contribution in [3.63, 3.8) is 0 Å². The molecule has 0 unspecified atom stereocenters. The third-order valence-corrected chi connectivity index (χ3v) is 6.09. The van der Waals surface area contributed by atoms with Gasteiger partial charge in [0.1, 0.15) is 0 Å². The zero-order valence-electron chi connectivity index (χ0n) is 18.3. The summed E-state index contributed by atoms with van der Waals surface area (Å²) in [5.74, 6) is 0.0971. The SMILES string of the molecule is NC(=O)c1nn(-c2ccc3c(c2)OCO3)c2c1CCc1ccc(NC(=O)c3ccc(O)nc3)cc1-2. The molecule has 3 heterocycles. The first-order valence-corrected chi connectivity index (χ1v) is 10.9. The molecule has 10 nitrogen and oxygen atoms in total. The van der Waals surface area contributed by atoms with E-state index in [1.807, 2.05) is 24.3 Å². The minimum absolute atomic E-state index is 0.144. The standard InChI is InChI=1S/C25H19N5O5/c26-24(32)22-17-6-2-13-1-4-15(28-25(33)14-3-8-21(31)27-11-14)9-18(13)23(17)30(29-22)16-5-7-19-20(10-16)35-12-34-19/h1,3-5,7-11H,2,6,12H2,(H2,26,32)(H,27,31)(H,28,33). The maximum absolute atomic E-state index is 12.7. The molecule has 35 heavy (non-hydrogen) atoms. The maximum atomic E-state index is 12.7. The zero-order chi connectivity index (χ0) is 24.1. The Kier molecular flexibility index (Phi) is 4.66. The molecule has 1 aliphatic carbocycles. The molecule has 0 atom stereocenters. The molecule has 0 saturated carbocycles. The van der Waals surface area contributed by atoms with Gasteiger partial charge in [-0.05, 0) is 48.7 Å². The van der Waals surface area contributed by atoms with Crippen molar-refractivity contribution in [1.29, 1.82) is 0 Å². The normalized spacial score (nSPS) is 13.1. The first-order chi connectivity index (χ1) is 17.0. The highest BCUT2D eigenvalue weighted by atomic mass is 16.7. The van der Waals surface area contributed by atoms with Gasteiger partial charge in [0.25, 0.3) is 11.8 Å². The van der Waals surface area contributed by atoms with Gasteiger partial charge in [0.2, 0.25) is 12.7 Å². The summed E-state index contributed by atoms with van der Waals surface area (Å²) < 4.78 is 12.6. The van der Waals surface area contributed by atoms with Crippen LogP contribution in [0.15, 0.2) is 54.7 Å². The second-order valence-corrected chi connectivity index (χ2v) is 8.22. The van der Waals surface area contributed by atoms with Crippen molar-refractivity contribution in [2.75, 3.05) is 12.1 Å². The van der Waals surface area contributed by atoms with Crippen LogP contribution in [-0.4, -0.2) is 38.5 Å². The van der Waals surface area contributed by atoms with Crippen LogP contribution in [0.25, 0.3) is 16.9 Å². The number of primary amides is 1. The number of carbonyl (C=O) groups excluding carboxylic acids is 2. The summed E-state index contributed by atoms with van der Waals surface area (Å²) in [6.07, 6.45) is 2.61. The minimum atomic E-state index is -0.603. The third-order valence-electron chi connectivity index (χ3n) is 6.09. The Morgan fingerprint density at radius 1 is 1.03 bits per heavy atom. The van der Waals surface area contributed by atoms with Crippen LogP contribution in [0.4, 0.5) is 5.69 Å². The number of rotatable bonds is 4. The van der Waals surface area contributed by atoms with Gasteiger partial charge < -0.3 is 25.6 Å². The maximum Gasteiger partial charge on any atom is 0.269 e. The van der Waals surface area contributed by atoms with Gasteiger partial charge in [0.15, 0.2) is 17.2 Å². The summed E-state index contributed by atoms with van der Waals surface area (Å²) in [6.45, 7) is 0.144. The molecule has 0 saturated heterocycles. The zero-order valence-corrected chi connectivity index (χ0v) is 18.3. The van der Waals surface area contributed by atoms with Gasteiger partial charge in [-0.3, -0.25) is 9.59 Å². The van der Waals surface area contributed by atoms with Crippen molar-refractivity contribution in [1.82, 2.24) is 14.8 Å². The van der Waals surface area contributed by atoms with E-state index in [0.717, 1.165) is 22.4 Å². The van der Waals surface area contributed by atoms with Crippen LogP contribution in [0, 0.1) is 0 Å². The lowest BCUT2D eigenvalue weighted by Gasteiger charge is -2.20. The number of aromatic hydroxyl groups is 1. The van der Waals surface area contributed by atoms with Gasteiger partial charge in [0, 0.05) is 35.1 Å². The van der Waals surface area contributed by atoms with Crippen molar-refractivity contribution >= 4 is 17.5 Å². The van der Waals surface area contributed by atoms with Gasteiger partial charge in [-0.2, -0.15) is 5.10 Å². The molecule has 0 radical (unpaired) electrons. The molecule has 1 aliphatic heterocycles. The molecule has 0 bridgehead atoms. The van der Waals surface area contributed by atoms with E-state index in [2.05, 4.69) is 15.4 Å². The van der Waals surface area contributed by atoms with E-state index in [1.165, 1.54) is 18.3 Å². The topological polar surface area (TPSA) is 142 Å². The second-order valence-electron chi connectivity index (χ2n) is 8.22. The smallest absolute Gasteiger partial charge is 0.269 e. The highest BCUT2D eigenvalue weighted by Gasteiger charge is 2.29. The highest BCUT2D eigenvalue weighted by Crippen LogP contribution is 2.40. The Morgan fingerprint density at radius 2 is 1.89 bits per heavy atom. The molecule has 2 amide bonds. The molecule has 4 N–H and O–H groups in total. The number of nitrogens with zero attached hydrogens (tertiary/aromatic N) is 3. The number of carbonyl (C=O) groups is 2. The Hall–Kier alpha value is -4.86. The number of anilines is 1. The summed E-state index contributed by atoms with van der Waals surface area (Å²) in [5.41, 5.74) is 10.8. The number of hydrogen-bond donors (Lipinski definition) is 3. The van der Waals surface area contributed by atoms with Crippen LogP contribution >= 0.6 is 0 Å². The average Bonchev–Trinajstić information content (AvgIpc) is 3.49. The van der Waals surface area contributed by atoms with Crippen LogP contribution in [0.3, 0.4) is 0 Å². The number of fused-ring (bicyclic) bond motifs is 4. The van der Waals surface area contributed by atoms with Crippen molar-refractivity contribution in [2.24, 2.45) is 5.73 Å². The van der Waals surface area contributed by atoms with Crippen LogP contribution < -0.4 is 20.5 Å². The van der Waals surface area contributed by atoms with Gasteiger partial charge in [-0.1, -0.05) is 6.07 Å². The van der Waals surface area contributed by atoms with E-state index < -0.39 is 5.91 Å². The molecule has 0 spiro atoms. The Bertz CT molecular complexity index is 1510. The first-order valence-electron chi connectivity index (χ1n) is 10.9. The molecule has 6 rings (SSSR count). The summed E-state index contributed by atoms with van der Waals surface area (Å²) >= 11 is 0. The summed E-state index contributed by atoms with van der Waals surface area (Å²) in [4.78, 5) is 28.7. The Labute approximate surface area is 198 Å². The number of ether oxygens (including phenoxy) is 2. The highest BCUT2D eigenvalue weighted by molar-refractivity contribution is 6.04. The van der Waals surface area contributed by atoms with Crippen LogP contribution in [-0.2, 0) is 12.8 Å². The average molecular weight is 469 g/mol. The van der Waals surface area contributed by atoms with E-state index in [9.17, 15) is 14.7 Å². The number of nitrogens with one attached hydrogen (secondary N) is 1. The number of benzene rings is 2. The second kappa shape index (κ2) is 7.87. The first kappa shape index (κ1) is 20.7. The fraction of sp³-hybridized carbons (Fsp3) is 0.120. The molecule has 2 aromatic carbocycles. The van der Waals surface area contributed by atoms with Gasteiger partial charge in [-0.15, -0.1) is 0 Å².